The minimum absolute atomic E-state index is 0.0268. The van der Waals surface area contributed by atoms with E-state index in [9.17, 15) is 9.59 Å². The molecule has 1 atom stereocenters. The number of hydrogen-bond donors (Lipinski definition) is 1. The highest BCUT2D eigenvalue weighted by Crippen LogP contribution is 2.31. The minimum Gasteiger partial charge on any atom is -0.373 e. The highest BCUT2D eigenvalue weighted by Gasteiger charge is 2.33. The van der Waals surface area contributed by atoms with Gasteiger partial charge in [-0.15, -0.1) is 0 Å². The molecule has 2 aromatic heterocycles. The van der Waals surface area contributed by atoms with Crippen molar-refractivity contribution in [2.24, 2.45) is 0 Å². The summed E-state index contributed by atoms with van der Waals surface area (Å²) in [6, 6.07) is 0. The Labute approximate surface area is 188 Å². The second-order valence-corrected chi connectivity index (χ2v) is 9.04. The van der Waals surface area contributed by atoms with Crippen LogP contribution < -0.4 is 5.32 Å². The van der Waals surface area contributed by atoms with Gasteiger partial charge in [-0.1, -0.05) is 19.0 Å². The summed E-state index contributed by atoms with van der Waals surface area (Å²) in [6.07, 6.45) is 2.54. The number of likely N-dealkylation sites (tertiary alicyclic amines) is 1. The molecule has 172 valence electrons. The van der Waals surface area contributed by atoms with Crippen LogP contribution in [0.3, 0.4) is 0 Å². The molecule has 0 saturated carbocycles. The van der Waals surface area contributed by atoms with Crippen LogP contribution in [0.4, 0.5) is 5.82 Å². The van der Waals surface area contributed by atoms with Gasteiger partial charge in [-0.3, -0.25) is 9.59 Å². The number of fused-ring (bicyclic) bond motifs is 1. The summed E-state index contributed by atoms with van der Waals surface area (Å²) in [5.41, 5.74) is 3.29. The van der Waals surface area contributed by atoms with Crippen LogP contribution in [0.25, 0.3) is 0 Å². The molecule has 2 amide bonds. The fourth-order valence-electron chi connectivity index (χ4n) is 4.67. The molecule has 1 fully saturated rings. The fraction of sp³-hybridized carbons (Fsp3) is 0.609. The smallest absolute Gasteiger partial charge is 0.259 e. The number of carbonyl (C=O) groups is 2. The van der Waals surface area contributed by atoms with Gasteiger partial charge in [0.25, 0.3) is 5.91 Å². The standard InChI is InChI=1S/C23H32N6O3/c1-13(2)20-19(14(3)32-27-20)23(31)29-9-6-7-16(11-29)21-25-18-8-10-28(15(4)30)12-17(18)22(24-5)26-21/h13,16H,6-12H2,1-5H3,(H,24,25,26). The number of amides is 2. The number of carbonyl (C=O) groups excluding carboxylic acids is 2. The van der Waals surface area contributed by atoms with Crippen molar-refractivity contribution in [2.75, 3.05) is 32.0 Å². The van der Waals surface area contributed by atoms with E-state index in [4.69, 9.17) is 14.5 Å². The van der Waals surface area contributed by atoms with Gasteiger partial charge in [-0.05, 0) is 25.7 Å². The second-order valence-electron chi connectivity index (χ2n) is 9.04. The first-order valence-electron chi connectivity index (χ1n) is 11.4. The molecule has 4 rings (SSSR count). The molecule has 0 spiro atoms. The summed E-state index contributed by atoms with van der Waals surface area (Å²) in [4.78, 5) is 38.6. The summed E-state index contributed by atoms with van der Waals surface area (Å²) in [5, 5.41) is 7.30. The van der Waals surface area contributed by atoms with Crippen LogP contribution in [0.2, 0.25) is 0 Å². The number of piperidine rings is 1. The zero-order valence-electron chi connectivity index (χ0n) is 19.6. The minimum atomic E-state index is -0.0268. The highest BCUT2D eigenvalue weighted by atomic mass is 16.5. The van der Waals surface area contributed by atoms with E-state index in [1.165, 1.54) is 0 Å². The van der Waals surface area contributed by atoms with Crippen molar-refractivity contribution >= 4 is 17.6 Å². The van der Waals surface area contributed by atoms with Crippen LogP contribution in [-0.4, -0.2) is 63.4 Å². The summed E-state index contributed by atoms with van der Waals surface area (Å²) in [6.45, 7) is 9.89. The fourth-order valence-corrected chi connectivity index (χ4v) is 4.67. The predicted octanol–water partition coefficient (Wildman–Crippen LogP) is 2.86. The number of anilines is 1. The van der Waals surface area contributed by atoms with Crippen LogP contribution in [0.5, 0.6) is 0 Å². The molecular formula is C23H32N6O3. The van der Waals surface area contributed by atoms with E-state index in [1.54, 1.807) is 13.8 Å². The highest BCUT2D eigenvalue weighted by molar-refractivity contribution is 5.96. The van der Waals surface area contributed by atoms with Crippen LogP contribution in [-0.2, 0) is 17.8 Å². The van der Waals surface area contributed by atoms with Crippen molar-refractivity contribution < 1.29 is 14.1 Å². The molecule has 0 bridgehead atoms. The van der Waals surface area contributed by atoms with E-state index in [2.05, 4.69) is 10.5 Å². The average Bonchev–Trinajstić information content (AvgIpc) is 3.19. The van der Waals surface area contributed by atoms with E-state index >= 15 is 0 Å². The van der Waals surface area contributed by atoms with Crippen LogP contribution in [0.15, 0.2) is 4.52 Å². The molecule has 1 N–H and O–H groups in total. The Morgan fingerprint density at radius 3 is 2.66 bits per heavy atom. The maximum Gasteiger partial charge on any atom is 0.259 e. The van der Waals surface area contributed by atoms with Gasteiger partial charge >= 0.3 is 0 Å². The lowest BCUT2D eigenvalue weighted by Gasteiger charge is -2.33. The van der Waals surface area contributed by atoms with Gasteiger partial charge in [0.2, 0.25) is 5.91 Å². The van der Waals surface area contributed by atoms with Crippen molar-refractivity contribution in [3.8, 4) is 0 Å². The molecule has 0 radical (unpaired) electrons. The Bertz CT molecular complexity index is 1010. The Morgan fingerprint density at radius 2 is 1.97 bits per heavy atom. The van der Waals surface area contributed by atoms with Crippen molar-refractivity contribution in [1.29, 1.82) is 0 Å². The summed E-state index contributed by atoms with van der Waals surface area (Å²) in [7, 11) is 1.85. The Kier molecular flexibility index (Phi) is 6.17. The van der Waals surface area contributed by atoms with Crippen LogP contribution >= 0.6 is 0 Å². The molecule has 2 aliphatic heterocycles. The van der Waals surface area contributed by atoms with E-state index < -0.39 is 0 Å². The Hall–Kier alpha value is -2.97. The van der Waals surface area contributed by atoms with Gasteiger partial charge in [0.05, 0.1) is 17.9 Å². The number of nitrogens with one attached hydrogen (secondary N) is 1. The first-order chi connectivity index (χ1) is 15.3. The lowest BCUT2D eigenvalue weighted by molar-refractivity contribution is -0.129. The van der Waals surface area contributed by atoms with Crippen molar-refractivity contribution in [2.45, 2.75) is 65.3 Å². The van der Waals surface area contributed by atoms with Crippen LogP contribution in [0, 0.1) is 6.92 Å². The molecule has 2 aromatic rings. The summed E-state index contributed by atoms with van der Waals surface area (Å²) >= 11 is 0. The van der Waals surface area contributed by atoms with Gasteiger partial charge in [0, 0.05) is 51.5 Å². The normalized spacial score (nSPS) is 18.6. The maximum absolute atomic E-state index is 13.4. The number of hydrogen-bond acceptors (Lipinski definition) is 7. The average molecular weight is 441 g/mol. The maximum atomic E-state index is 13.4. The lowest BCUT2D eigenvalue weighted by Crippen LogP contribution is -2.40. The Balaban J connectivity index is 1.58. The third-order valence-electron chi connectivity index (χ3n) is 6.48. The van der Waals surface area contributed by atoms with E-state index in [1.807, 2.05) is 30.7 Å². The topological polar surface area (TPSA) is 104 Å². The molecule has 9 nitrogen and oxygen atoms in total. The van der Waals surface area contributed by atoms with Gasteiger partial charge in [0.15, 0.2) is 0 Å². The number of rotatable bonds is 4. The molecule has 2 aliphatic rings. The summed E-state index contributed by atoms with van der Waals surface area (Å²) < 4.78 is 5.34. The molecule has 1 saturated heterocycles. The first-order valence-corrected chi connectivity index (χ1v) is 11.4. The molecule has 0 aromatic carbocycles. The van der Waals surface area contributed by atoms with E-state index in [-0.39, 0.29) is 23.7 Å². The van der Waals surface area contributed by atoms with Crippen molar-refractivity contribution in [3.63, 3.8) is 0 Å². The van der Waals surface area contributed by atoms with Crippen LogP contribution in [0.1, 0.15) is 84.3 Å². The monoisotopic (exact) mass is 440 g/mol. The lowest BCUT2D eigenvalue weighted by atomic mass is 9.95. The van der Waals surface area contributed by atoms with Crippen molar-refractivity contribution in [3.05, 3.63) is 34.1 Å². The SMILES string of the molecule is CNc1nc(C2CCCN(C(=O)c3c(C(C)C)noc3C)C2)nc2c1CN(C(C)=O)CC2. The second kappa shape index (κ2) is 8.88. The molecule has 32 heavy (non-hydrogen) atoms. The van der Waals surface area contributed by atoms with Gasteiger partial charge < -0.3 is 19.6 Å². The first kappa shape index (κ1) is 22.2. The van der Waals surface area contributed by atoms with Crippen molar-refractivity contribution in [1.82, 2.24) is 24.9 Å². The van der Waals surface area contributed by atoms with E-state index in [0.29, 0.717) is 49.6 Å². The third kappa shape index (κ3) is 4.08. The third-order valence-corrected chi connectivity index (χ3v) is 6.48. The molecule has 9 heteroatoms. The molecule has 0 aliphatic carbocycles. The molecule has 4 heterocycles. The van der Waals surface area contributed by atoms with Gasteiger partial charge in [-0.2, -0.15) is 0 Å². The zero-order chi connectivity index (χ0) is 23.0. The Morgan fingerprint density at radius 1 is 1.19 bits per heavy atom. The molecule has 1 unspecified atom stereocenters. The number of nitrogens with zero attached hydrogens (tertiary/aromatic N) is 5. The number of aryl methyl sites for hydroxylation is 1. The van der Waals surface area contributed by atoms with E-state index in [0.717, 1.165) is 35.7 Å². The van der Waals surface area contributed by atoms with Gasteiger partial charge in [0.1, 0.15) is 23.0 Å². The zero-order valence-corrected chi connectivity index (χ0v) is 19.6. The van der Waals surface area contributed by atoms with Gasteiger partial charge in [-0.25, -0.2) is 9.97 Å². The predicted molar refractivity (Wildman–Crippen MR) is 120 cm³/mol. The molecular weight excluding hydrogens is 408 g/mol. The quantitative estimate of drug-likeness (QED) is 0.779. The largest absolute Gasteiger partial charge is 0.373 e. The summed E-state index contributed by atoms with van der Waals surface area (Å²) in [5.74, 6) is 2.33. The number of aromatic nitrogens is 3.